The molecule has 4 heterocycles. The van der Waals surface area contributed by atoms with Crippen LogP contribution in [0.2, 0.25) is 0 Å². The van der Waals surface area contributed by atoms with Gasteiger partial charge in [0.25, 0.3) is 0 Å². The van der Waals surface area contributed by atoms with Crippen LogP contribution in [-0.4, -0.2) is 51.5 Å². The zero-order valence-corrected chi connectivity index (χ0v) is 19.8. The lowest BCUT2D eigenvalue weighted by molar-refractivity contribution is 0.184. The molecule has 8 heteroatoms. The molecule has 0 atom stereocenters. The highest BCUT2D eigenvalue weighted by Crippen LogP contribution is 2.24. The zero-order chi connectivity index (χ0) is 22.6. The first-order valence-corrected chi connectivity index (χ1v) is 12.7. The van der Waals surface area contributed by atoms with Crippen molar-refractivity contribution in [2.75, 3.05) is 32.5 Å². The molecule has 0 N–H and O–H groups in total. The predicted molar refractivity (Wildman–Crippen MR) is 130 cm³/mol. The first-order chi connectivity index (χ1) is 16.2. The predicted octanol–water partition coefficient (Wildman–Crippen LogP) is 3.75. The second-order valence-corrected chi connectivity index (χ2v) is 9.69. The number of hydrogen-bond donors (Lipinski definition) is 0. The third-order valence-corrected chi connectivity index (χ3v) is 7.47. The Morgan fingerprint density at radius 1 is 1.18 bits per heavy atom. The van der Waals surface area contributed by atoms with E-state index in [4.69, 9.17) is 9.15 Å². The molecular weight excluding hydrogens is 436 g/mol. The average molecular weight is 467 g/mol. The fourth-order valence-corrected chi connectivity index (χ4v) is 5.19. The summed E-state index contributed by atoms with van der Waals surface area (Å²) in [6.45, 7) is 5.11. The highest BCUT2D eigenvalue weighted by Gasteiger charge is 2.21. The largest absolute Gasteiger partial charge is 0.486 e. The van der Waals surface area contributed by atoms with Gasteiger partial charge in [-0.05, 0) is 60.8 Å². The molecule has 2 aliphatic heterocycles. The first-order valence-electron chi connectivity index (χ1n) is 11.6. The second-order valence-electron chi connectivity index (χ2n) is 8.81. The molecule has 7 nitrogen and oxygen atoms in total. The summed E-state index contributed by atoms with van der Waals surface area (Å²) < 4.78 is 15.9. The van der Waals surface area contributed by atoms with Crippen molar-refractivity contribution in [3.05, 3.63) is 76.1 Å². The summed E-state index contributed by atoms with van der Waals surface area (Å²) in [4.78, 5) is 14.9. The van der Waals surface area contributed by atoms with Crippen LogP contribution >= 0.6 is 11.9 Å². The summed E-state index contributed by atoms with van der Waals surface area (Å²) in [5.74, 6) is 1.49. The minimum absolute atomic E-state index is 0.0981. The van der Waals surface area contributed by atoms with Crippen LogP contribution in [0.1, 0.15) is 29.7 Å². The van der Waals surface area contributed by atoms with E-state index in [0.717, 1.165) is 51.1 Å². The molecule has 0 unspecified atom stereocenters. The van der Waals surface area contributed by atoms with Gasteiger partial charge in [0.15, 0.2) is 0 Å². The van der Waals surface area contributed by atoms with Crippen LogP contribution in [0.4, 0.5) is 0 Å². The Kier molecular flexibility index (Phi) is 6.85. The van der Waals surface area contributed by atoms with E-state index in [0.29, 0.717) is 30.6 Å². The van der Waals surface area contributed by atoms with Crippen molar-refractivity contribution in [1.29, 1.82) is 0 Å². The maximum atomic E-state index is 12.6. The van der Waals surface area contributed by atoms with E-state index < -0.39 is 0 Å². The van der Waals surface area contributed by atoms with Crippen molar-refractivity contribution < 1.29 is 9.15 Å². The van der Waals surface area contributed by atoms with Gasteiger partial charge in [0.1, 0.15) is 12.0 Å². The van der Waals surface area contributed by atoms with Crippen LogP contribution < -0.4 is 10.2 Å². The van der Waals surface area contributed by atoms with Crippen LogP contribution in [0, 0.1) is 5.92 Å². The standard InChI is InChI=1S/C25H30N4O3S/c1-33-28-11-5-19(6-12-28)17-32-25-18-31-23(14-24(25)30)16-27-10-7-20-13-22(4-3-21(20)15-27)29-9-2-8-26-29/h2-4,8-9,13-14,18-19H,5-7,10-12,15-17H2,1H3. The summed E-state index contributed by atoms with van der Waals surface area (Å²) in [7, 11) is 0. The Balaban J connectivity index is 1.16. The van der Waals surface area contributed by atoms with Crippen molar-refractivity contribution in [2.24, 2.45) is 5.92 Å². The monoisotopic (exact) mass is 466 g/mol. The topological polar surface area (TPSA) is 63.7 Å². The van der Waals surface area contributed by atoms with E-state index in [9.17, 15) is 4.79 Å². The van der Waals surface area contributed by atoms with Crippen LogP contribution in [-0.2, 0) is 19.5 Å². The van der Waals surface area contributed by atoms with Crippen molar-refractivity contribution in [3.8, 4) is 11.4 Å². The van der Waals surface area contributed by atoms with E-state index >= 15 is 0 Å². The lowest BCUT2D eigenvalue weighted by Crippen LogP contribution is -2.31. The van der Waals surface area contributed by atoms with Gasteiger partial charge in [-0.1, -0.05) is 18.0 Å². The van der Waals surface area contributed by atoms with Gasteiger partial charge in [-0.3, -0.25) is 14.0 Å². The van der Waals surface area contributed by atoms with E-state index in [-0.39, 0.29) is 5.43 Å². The number of hydrogen-bond acceptors (Lipinski definition) is 7. The summed E-state index contributed by atoms with van der Waals surface area (Å²) in [5.41, 5.74) is 3.66. The molecule has 33 heavy (non-hydrogen) atoms. The van der Waals surface area contributed by atoms with Gasteiger partial charge < -0.3 is 9.15 Å². The minimum Gasteiger partial charge on any atom is -0.486 e. The summed E-state index contributed by atoms with van der Waals surface area (Å²) >= 11 is 1.80. The lowest BCUT2D eigenvalue weighted by Gasteiger charge is -2.29. The normalized spacial score (nSPS) is 17.7. The Labute approximate surface area is 198 Å². The van der Waals surface area contributed by atoms with E-state index in [1.54, 1.807) is 24.2 Å². The molecule has 0 saturated carbocycles. The molecule has 5 rings (SSSR count). The Morgan fingerprint density at radius 3 is 2.82 bits per heavy atom. The summed E-state index contributed by atoms with van der Waals surface area (Å²) in [6.07, 6.45) is 10.5. The first kappa shape index (κ1) is 22.3. The molecule has 1 fully saturated rings. The Hall–Kier alpha value is -2.55. The van der Waals surface area contributed by atoms with Crippen LogP contribution in [0.5, 0.6) is 5.75 Å². The minimum atomic E-state index is -0.0981. The van der Waals surface area contributed by atoms with Gasteiger partial charge in [-0.2, -0.15) is 5.10 Å². The number of benzene rings is 1. The van der Waals surface area contributed by atoms with Gasteiger partial charge in [0.2, 0.25) is 11.2 Å². The summed E-state index contributed by atoms with van der Waals surface area (Å²) in [5, 5.41) is 4.32. The van der Waals surface area contributed by atoms with Gasteiger partial charge in [0.05, 0.1) is 18.8 Å². The molecule has 0 spiro atoms. The van der Waals surface area contributed by atoms with E-state index in [2.05, 4.69) is 38.8 Å². The molecule has 3 aromatic rings. The zero-order valence-electron chi connectivity index (χ0n) is 19.0. The Bertz CT molecular complexity index is 1120. The molecule has 0 radical (unpaired) electrons. The van der Waals surface area contributed by atoms with Gasteiger partial charge >= 0.3 is 0 Å². The van der Waals surface area contributed by atoms with Crippen molar-refractivity contribution >= 4 is 11.9 Å². The lowest BCUT2D eigenvalue weighted by atomic mass is 9.99. The van der Waals surface area contributed by atoms with Crippen molar-refractivity contribution in [2.45, 2.75) is 32.4 Å². The van der Waals surface area contributed by atoms with Gasteiger partial charge in [-0.25, -0.2) is 4.68 Å². The van der Waals surface area contributed by atoms with Gasteiger partial charge in [0, 0.05) is 44.6 Å². The fourth-order valence-electron chi connectivity index (χ4n) is 4.61. The van der Waals surface area contributed by atoms with Crippen LogP contribution in [0.3, 0.4) is 0 Å². The number of nitrogens with zero attached hydrogens (tertiary/aromatic N) is 4. The molecular formula is C25H30N4O3S. The van der Waals surface area contributed by atoms with Crippen molar-refractivity contribution in [1.82, 2.24) is 19.0 Å². The van der Waals surface area contributed by atoms with E-state index in [1.165, 1.54) is 17.4 Å². The molecule has 174 valence electrons. The van der Waals surface area contributed by atoms with Crippen LogP contribution in [0.25, 0.3) is 5.69 Å². The van der Waals surface area contributed by atoms with Gasteiger partial charge in [-0.15, -0.1) is 0 Å². The van der Waals surface area contributed by atoms with E-state index in [1.807, 2.05) is 16.9 Å². The third-order valence-electron chi connectivity index (χ3n) is 6.59. The number of piperidine rings is 1. The maximum absolute atomic E-state index is 12.6. The van der Waals surface area contributed by atoms with Crippen molar-refractivity contribution in [3.63, 3.8) is 0 Å². The van der Waals surface area contributed by atoms with Crippen LogP contribution in [0.15, 0.2) is 58.2 Å². The highest BCUT2D eigenvalue weighted by atomic mass is 32.2. The number of rotatable bonds is 7. The quantitative estimate of drug-likeness (QED) is 0.492. The molecule has 2 aliphatic rings. The highest BCUT2D eigenvalue weighted by molar-refractivity contribution is 7.96. The number of fused-ring (bicyclic) bond motifs is 1. The Morgan fingerprint density at radius 2 is 2.06 bits per heavy atom. The molecule has 1 saturated heterocycles. The molecule has 0 bridgehead atoms. The molecule has 0 amide bonds. The fraction of sp³-hybridized carbons (Fsp3) is 0.440. The average Bonchev–Trinajstić information content (AvgIpc) is 3.39. The molecule has 0 aliphatic carbocycles. The molecule has 2 aromatic heterocycles. The second kappa shape index (κ2) is 10.2. The third kappa shape index (κ3) is 5.34. The number of ether oxygens (including phenoxy) is 1. The molecule has 1 aromatic carbocycles. The maximum Gasteiger partial charge on any atom is 0.227 e. The SMILES string of the molecule is CSN1CCC(COc2coc(CN3CCc4cc(-n5cccn5)ccc4C3)cc2=O)CC1. The summed E-state index contributed by atoms with van der Waals surface area (Å²) in [6, 6.07) is 10.0. The number of aromatic nitrogens is 2. The smallest absolute Gasteiger partial charge is 0.227 e.